The molecule has 0 fully saturated rings. The van der Waals surface area contributed by atoms with Gasteiger partial charge in [0.05, 0.1) is 7.11 Å². The highest BCUT2D eigenvalue weighted by molar-refractivity contribution is 5.77. The zero-order chi connectivity index (χ0) is 16.5. The van der Waals surface area contributed by atoms with E-state index in [0.29, 0.717) is 13.0 Å². The van der Waals surface area contributed by atoms with Crippen LogP contribution >= 0.6 is 0 Å². The molecule has 0 radical (unpaired) electrons. The predicted molar refractivity (Wildman–Crippen MR) is 85.1 cm³/mol. The van der Waals surface area contributed by atoms with E-state index in [1.54, 1.807) is 7.11 Å². The highest BCUT2D eigenvalue weighted by Gasteiger charge is 2.15. The monoisotopic (exact) mass is 307 g/mol. The molecule has 1 amide bonds. The van der Waals surface area contributed by atoms with Gasteiger partial charge >= 0.3 is 5.97 Å². The van der Waals surface area contributed by atoms with Gasteiger partial charge in [0.15, 0.2) is 0 Å². The minimum absolute atomic E-state index is 0.0418. The molecule has 2 atom stereocenters. The number of carboxylic acids is 1. The van der Waals surface area contributed by atoms with Crippen LogP contribution < -0.4 is 10.1 Å². The minimum atomic E-state index is -0.841. The number of carbonyl (C=O) groups excluding carboxylic acids is 1. The van der Waals surface area contributed by atoms with E-state index < -0.39 is 5.97 Å². The fourth-order valence-electron chi connectivity index (χ4n) is 2.33. The maximum Gasteiger partial charge on any atom is 0.303 e. The number of rotatable bonds is 9. The molecule has 0 aliphatic carbocycles. The van der Waals surface area contributed by atoms with Crippen molar-refractivity contribution < 1.29 is 19.4 Å². The number of amides is 1. The van der Waals surface area contributed by atoms with Gasteiger partial charge in [-0.05, 0) is 36.0 Å². The molecule has 22 heavy (non-hydrogen) atoms. The zero-order valence-electron chi connectivity index (χ0n) is 13.5. The van der Waals surface area contributed by atoms with Crippen LogP contribution in [0.3, 0.4) is 0 Å². The topological polar surface area (TPSA) is 75.6 Å². The molecule has 0 saturated carbocycles. The molecule has 5 nitrogen and oxygen atoms in total. The van der Waals surface area contributed by atoms with Crippen LogP contribution in [-0.4, -0.2) is 30.6 Å². The summed E-state index contributed by atoms with van der Waals surface area (Å²) in [6.45, 7) is 4.26. The minimum Gasteiger partial charge on any atom is -0.497 e. The fraction of sp³-hybridized carbons (Fsp3) is 0.529. The maximum absolute atomic E-state index is 12.0. The van der Waals surface area contributed by atoms with Gasteiger partial charge in [-0.1, -0.05) is 26.0 Å². The van der Waals surface area contributed by atoms with Gasteiger partial charge in [0.1, 0.15) is 5.75 Å². The third-order valence-corrected chi connectivity index (χ3v) is 3.68. The van der Waals surface area contributed by atoms with E-state index in [1.165, 1.54) is 0 Å². The number of benzene rings is 1. The largest absolute Gasteiger partial charge is 0.497 e. The summed E-state index contributed by atoms with van der Waals surface area (Å²) < 4.78 is 5.13. The summed E-state index contributed by atoms with van der Waals surface area (Å²) in [6, 6.07) is 7.75. The average molecular weight is 307 g/mol. The first-order chi connectivity index (χ1) is 10.5. The average Bonchev–Trinajstić information content (AvgIpc) is 2.50. The van der Waals surface area contributed by atoms with E-state index in [9.17, 15) is 9.59 Å². The fourth-order valence-corrected chi connectivity index (χ4v) is 2.33. The number of hydrogen-bond acceptors (Lipinski definition) is 3. The van der Waals surface area contributed by atoms with Crippen LogP contribution in [-0.2, 0) is 9.59 Å². The van der Waals surface area contributed by atoms with Crippen molar-refractivity contribution in [2.24, 2.45) is 5.92 Å². The molecule has 1 rings (SSSR count). The van der Waals surface area contributed by atoms with Crippen molar-refractivity contribution in [2.75, 3.05) is 13.7 Å². The molecule has 0 heterocycles. The second kappa shape index (κ2) is 9.07. The molecule has 0 bridgehead atoms. The van der Waals surface area contributed by atoms with Gasteiger partial charge in [0.25, 0.3) is 0 Å². The summed E-state index contributed by atoms with van der Waals surface area (Å²) in [5.74, 6) is 0.0000670. The highest BCUT2D eigenvalue weighted by Crippen LogP contribution is 2.25. The Bertz CT molecular complexity index is 484. The standard InChI is InChI=1S/C17H25NO4/c1-4-13(14-5-7-15(22-3)8-6-14)10-16(19)18-11-12(2)9-17(20)21/h5-8,12-13H,4,9-11H2,1-3H3,(H,18,19)(H,20,21). The molecule has 0 aromatic heterocycles. The number of aliphatic carboxylic acids is 1. The molecular formula is C17H25NO4. The first kappa shape index (κ1) is 18.0. The van der Waals surface area contributed by atoms with Crippen molar-refractivity contribution in [2.45, 2.75) is 39.0 Å². The molecular weight excluding hydrogens is 282 g/mol. The number of nitrogens with one attached hydrogen (secondary N) is 1. The molecule has 2 N–H and O–H groups in total. The van der Waals surface area contributed by atoms with Crippen molar-refractivity contribution in [3.05, 3.63) is 29.8 Å². The second-order valence-electron chi connectivity index (χ2n) is 5.59. The summed E-state index contributed by atoms with van der Waals surface area (Å²) in [5, 5.41) is 11.5. The van der Waals surface area contributed by atoms with Gasteiger partial charge < -0.3 is 15.2 Å². The van der Waals surface area contributed by atoms with Gasteiger partial charge in [-0.15, -0.1) is 0 Å². The predicted octanol–water partition coefficient (Wildman–Crippen LogP) is 2.81. The molecule has 122 valence electrons. The van der Waals surface area contributed by atoms with Crippen molar-refractivity contribution >= 4 is 11.9 Å². The molecule has 2 unspecified atom stereocenters. The Balaban J connectivity index is 2.50. The molecule has 0 saturated heterocycles. The van der Waals surface area contributed by atoms with Crippen molar-refractivity contribution in [1.82, 2.24) is 5.32 Å². The van der Waals surface area contributed by atoms with Crippen LogP contribution in [0.4, 0.5) is 0 Å². The van der Waals surface area contributed by atoms with Crippen molar-refractivity contribution in [3.8, 4) is 5.75 Å². The summed E-state index contributed by atoms with van der Waals surface area (Å²) in [7, 11) is 1.62. The Morgan fingerprint density at radius 3 is 2.36 bits per heavy atom. The molecule has 0 aliphatic rings. The quantitative estimate of drug-likeness (QED) is 0.735. The van der Waals surface area contributed by atoms with Crippen LogP contribution in [0.5, 0.6) is 5.75 Å². The Kier molecular flexibility index (Phi) is 7.43. The molecule has 0 aliphatic heterocycles. The van der Waals surface area contributed by atoms with Gasteiger partial charge in [0, 0.05) is 19.4 Å². The lowest BCUT2D eigenvalue weighted by atomic mass is 9.93. The Morgan fingerprint density at radius 2 is 1.86 bits per heavy atom. The lowest BCUT2D eigenvalue weighted by Crippen LogP contribution is -2.30. The summed E-state index contributed by atoms with van der Waals surface area (Å²) in [4.78, 5) is 22.6. The van der Waals surface area contributed by atoms with Crippen molar-refractivity contribution in [3.63, 3.8) is 0 Å². The lowest BCUT2D eigenvalue weighted by molar-refractivity contribution is -0.138. The maximum atomic E-state index is 12.0. The molecule has 1 aromatic rings. The van der Waals surface area contributed by atoms with Crippen LogP contribution in [0, 0.1) is 5.92 Å². The van der Waals surface area contributed by atoms with Gasteiger partial charge in [-0.3, -0.25) is 9.59 Å². The van der Waals surface area contributed by atoms with Crippen LogP contribution in [0.2, 0.25) is 0 Å². The van der Waals surface area contributed by atoms with E-state index in [-0.39, 0.29) is 24.2 Å². The van der Waals surface area contributed by atoms with Gasteiger partial charge in [0.2, 0.25) is 5.91 Å². The van der Waals surface area contributed by atoms with Gasteiger partial charge in [-0.25, -0.2) is 0 Å². The smallest absolute Gasteiger partial charge is 0.303 e. The Labute approximate surface area is 131 Å². The van der Waals surface area contributed by atoms with Crippen LogP contribution in [0.15, 0.2) is 24.3 Å². The number of carboxylic acid groups (broad SMARTS) is 1. The highest BCUT2D eigenvalue weighted by atomic mass is 16.5. The van der Waals surface area contributed by atoms with E-state index >= 15 is 0 Å². The van der Waals surface area contributed by atoms with E-state index in [1.807, 2.05) is 31.2 Å². The van der Waals surface area contributed by atoms with E-state index in [4.69, 9.17) is 9.84 Å². The number of ether oxygens (including phenoxy) is 1. The van der Waals surface area contributed by atoms with E-state index in [0.717, 1.165) is 17.7 Å². The van der Waals surface area contributed by atoms with Crippen LogP contribution in [0.1, 0.15) is 44.6 Å². The zero-order valence-corrected chi connectivity index (χ0v) is 13.5. The molecule has 0 spiro atoms. The number of methoxy groups -OCH3 is 1. The van der Waals surface area contributed by atoms with Crippen molar-refractivity contribution in [1.29, 1.82) is 0 Å². The first-order valence-corrected chi connectivity index (χ1v) is 7.58. The Morgan fingerprint density at radius 1 is 1.23 bits per heavy atom. The second-order valence-corrected chi connectivity index (χ2v) is 5.59. The summed E-state index contributed by atoms with van der Waals surface area (Å²) >= 11 is 0. The Hall–Kier alpha value is -2.04. The SMILES string of the molecule is CCC(CC(=O)NCC(C)CC(=O)O)c1ccc(OC)cc1. The summed E-state index contributed by atoms with van der Waals surface area (Å²) in [6.07, 6.45) is 1.34. The third kappa shape index (κ3) is 6.16. The molecule has 5 heteroatoms. The summed E-state index contributed by atoms with van der Waals surface area (Å²) in [5.41, 5.74) is 1.11. The molecule has 1 aromatic carbocycles. The lowest BCUT2D eigenvalue weighted by Gasteiger charge is -2.16. The first-order valence-electron chi connectivity index (χ1n) is 7.58. The third-order valence-electron chi connectivity index (χ3n) is 3.68. The van der Waals surface area contributed by atoms with Crippen LogP contribution in [0.25, 0.3) is 0 Å². The number of carbonyl (C=O) groups is 2. The van der Waals surface area contributed by atoms with Gasteiger partial charge in [-0.2, -0.15) is 0 Å². The normalized spacial score (nSPS) is 13.2. The van der Waals surface area contributed by atoms with E-state index in [2.05, 4.69) is 12.2 Å². The number of hydrogen-bond donors (Lipinski definition) is 2.